The van der Waals surface area contributed by atoms with Crippen LogP contribution in [0.5, 0.6) is 0 Å². The van der Waals surface area contributed by atoms with Gasteiger partial charge in [0.05, 0.1) is 5.52 Å². The quantitative estimate of drug-likeness (QED) is 0.513. The number of rotatable bonds is 9. The second kappa shape index (κ2) is 9.74. The number of pyridine rings is 1. The lowest BCUT2D eigenvalue weighted by Gasteiger charge is -2.19. The van der Waals surface area contributed by atoms with E-state index >= 15 is 0 Å². The number of hydrogen-bond acceptors (Lipinski definition) is 5. The monoisotopic (exact) mass is 395 g/mol. The lowest BCUT2D eigenvalue weighted by Crippen LogP contribution is -2.25. The molecule has 0 aliphatic carbocycles. The summed E-state index contributed by atoms with van der Waals surface area (Å²) in [6.07, 6.45) is 5.60. The van der Waals surface area contributed by atoms with Gasteiger partial charge in [0.2, 0.25) is 11.9 Å². The van der Waals surface area contributed by atoms with Crippen molar-refractivity contribution in [2.75, 3.05) is 25.0 Å². The molecule has 1 aromatic carbocycles. The molecule has 5 nitrogen and oxygen atoms in total. The predicted octanol–water partition coefficient (Wildman–Crippen LogP) is 5.06. The number of aryl methyl sites for hydroxylation is 1. The minimum atomic E-state index is -0.475. The van der Waals surface area contributed by atoms with Crippen LogP contribution in [0.25, 0.3) is 22.0 Å². The number of halogens is 1. The summed E-state index contributed by atoms with van der Waals surface area (Å²) in [5.41, 5.74) is 3.58. The first-order chi connectivity index (χ1) is 14.0. The molecule has 1 atom stereocenters. The zero-order valence-corrected chi connectivity index (χ0v) is 17.7. The van der Waals surface area contributed by atoms with Crippen LogP contribution in [-0.2, 0) is 0 Å². The molecule has 29 heavy (non-hydrogen) atoms. The number of nitrogens with one attached hydrogen (secondary N) is 1. The second-order valence-electron chi connectivity index (χ2n) is 7.50. The highest BCUT2D eigenvalue weighted by molar-refractivity contribution is 5.85. The van der Waals surface area contributed by atoms with Gasteiger partial charge in [-0.25, -0.2) is 15.0 Å². The number of benzene rings is 1. The van der Waals surface area contributed by atoms with E-state index in [1.54, 1.807) is 6.20 Å². The Hall–Kier alpha value is -2.60. The Morgan fingerprint density at radius 1 is 1.10 bits per heavy atom. The molecule has 2 aromatic heterocycles. The van der Waals surface area contributed by atoms with Crippen LogP contribution in [0.3, 0.4) is 0 Å². The minimum Gasteiger partial charge on any atom is -0.352 e. The van der Waals surface area contributed by atoms with Crippen molar-refractivity contribution in [1.29, 1.82) is 0 Å². The molecule has 154 valence electrons. The van der Waals surface area contributed by atoms with Gasteiger partial charge in [0.15, 0.2) is 0 Å². The molecule has 2 heterocycles. The van der Waals surface area contributed by atoms with Gasteiger partial charge in [0.25, 0.3) is 0 Å². The molecule has 0 amide bonds. The van der Waals surface area contributed by atoms with Crippen molar-refractivity contribution in [3.8, 4) is 11.1 Å². The van der Waals surface area contributed by atoms with Gasteiger partial charge in [-0.2, -0.15) is 4.39 Å². The van der Waals surface area contributed by atoms with Crippen LogP contribution in [0, 0.1) is 12.9 Å². The number of nitrogens with zero attached hydrogens (tertiary/aromatic N) is 4. The third-order valence-corrected chi connectivity index (χ3v) is 5.34. The number of anilines is 1. The van der Waals surface area contributed by atoms with E-state index in [1.165, 1.54) is 6.07 Å². The molecule has 0 fully saturated rings. The average Bonchev–Trinajstić information content (AvgIpc) is 2.72. The van der Waals surface area contributed by atoms with Gasteiger partial charge >= 0.3 is 0 Å². The van der Waals surface area contributed by atoms with Crippen molar-refractivity contribution in [3.63, 3.8) is 0 Å². The summed E-state index contributed by atoms with van der Waals surface area (Å²) in [5, 5.41) is 4.34. The molecular formula is C23H30FN5. The third-order valence-electron chi connectivity index (χ3n) is 5.34. The summed E-state index contributed by atoms with van der Waals surface area (Å²) in [5.74, 6) is 0.170. The van der Waals surface area contributed by atoms with Gasteiger partial charge in [-0.1, -0.05) is 19.9 Å². The van der Waals surface area contributed by atoms with E-state index in [4.69, 9.17) is 0 Å². The Morgan fingerprint density at radius 2 is 1.90 bits per heavy atom. The van der Waals surface area contributed by atoms with E-state index in [0.717, 1.165) is 60.1 Å². The first-order valence-corrected chi connectivity index (χ1v) is 10.4. The highest BCUT2D eigenvalue weighted by atomic mass is 19.1. The fourth-order valence-corrected chi connectivity index (χ4v) is 3.53. The first-order valence-electron chi connectivity index (χ1n) is 10.4. The van der Waals surface area contributed by atoms with E-state index in [1.807, 2.05) is 31.3 Å². The Bertz CT molecular complexity index is 955. The molecule has 3 aromatic rings. The standard InChI is InChI=1S/C23H30FN5/c1-5-29(6-2)11-7-8-17(4)27-23-26-15-19-12-18(9-10-21(19)28-23)20-13-22(24)25-14-16(20)3/h9-10,12-15,17H,5-8,11H2,1-4H3,(H,26,27,28)/t17-/m0/s1. The highest BCUT2D eigenvalue weighted by Gasteiger charge is 2.09. The molecule has 1 N–H and O–H groups in total. The van der Waals surface area contributed by atoms with Crippen molar-refractivity contribution in [2.45, 2.75) is 46.6 Å². The fraction of sp³-hybridized carbons (Fsp3) is 0.435. The van der Waals surface area contributed by atoms with E-state index in [2.05, 4.69) is 45.9 Å². The summed E-state index contributed by atoms with van der Waals surface area (Å²) in [6, 6.07) is 7.70. The van der Waals surface area contributed by atoms with E-state index < -0.39 is 5.95 Å². The van der Waals surface area contributed by atoms with Crippen LogP contribution in [0.4, 0.5) is 10.3 Å². The molecule has 6 heteroatoms. The molecule has 0 bridgehead atoms. The second-order valence-corrected chi connectivity index (χ2v) is 7.50. The maximum absolute atomic E-state index is 13.5. The summed E-state index contributed by atoms with van der Waals surface area (Å²) in [7, 11) is 0. The summed E-state index contributed by atoms with van der Waals surface area (Å²) in [6.45, 7) is 11.8. The first kappa shape index (κ1) is 21.1. The molecule has 0 aliphatic rings. The van der Waals surface area contributed by atoms with Crippen LogP contribution in [0.15, 0.2) is 36.7 Å². The van der Waals surface area contributed by atoms with Crippen molar-refractivity contribution in [1.82, 2.24) is 19.9 Å². The maximum Gasteiger partial charge on any atom is 0.223 e. The maximum atomic E-state index is 13.5. The molecule has 3 rings (SSSR count). The van der Waals surface area contributed by atoms with Crippen LogP contribution in [0.1, 0.15) is 39.2 Å². The van der Waals surface area contributed by atoms with Crippen molar-refractivity contribution >= 4 is 16.9 Å². The summed E-state index contributed by atoms with van der Waals surface area (Å²) in [4.78, 5) is 15.3. The van der Waals surface area contributed by atoms with Gasteiger partial charge in [-0.3, -0.25) is 0 Å². The molecule has 0 spiro atoms. The Labute approximate surface area is 172 Å². The third kappa shape index (κ3) is 5.48. The molecular weight excluding hydrogens is 365 g/mol. The largest absolute Gasteiger partial charge is 0.352 e. The zero-order valence-electron chi connectivity index (χ0n) is 17.7. The van der Waals surface area contributed by atoms with Crippen LogP contribution < -0.4 is 5.32 Å². The van der Waals surface area contributed by atoms with Crippen molar-refractivity contribution in [3.05, 3.63) is 48.2 Å². The van der Waals surface area contributed by atoms with Crippen molar-refractivity contribution < 1.29 is 4.39 Å². The van der Waals surface area contributed by atoms with E-state index in [9.17, 15) is 4.39 Å². The van der Waals surface area contributed by atoms with E-state index in [0.29, 0.717) is 12.0 Å². The van der Waals surface area contributed by atoms with Gasteiger partial charge in [0.1, 0.15) is 0 Å². The molecule has 0 aliphatic heterocycles. The fourth-order valence-electron chi connectivity index (χ4n) is 3.53. The molecule has 0 unspecified atom stereocenters. The molecule has 0 radical (unpaired) electrons. The molecule has 0 saturated heterocycles. The number of aromatic nitrogens is 3. The summed E-state index contributed by atoms with van der Waals surface area (Å²) >= 11 is 0. The van der Waals surface area contributed by atoms with Gasteiger partial charge in [-0.15, -0.1) is 0 Å². The molecule has 0 saturated carbocycles. The summed E-state index contributed by atoms with van der Waals surface area (Å²) < 4.78 is 13.5. The number of hydrogen-bond donors (Lipinski definition) is 1. The Morgan fingerprint density at radius 3 is 2.66 bits per heavy atom. The van der Waals surface area contributed by atoms with Crippen LogP contribution >= 0.6 is 0 Å². The zero-order chi connectivity index (χ0) is 20.8. The van der Waals surface area contributed by atoms with Gasteiger partial charge < -0.3 is 10.2 Å². The minimum absolute atomic E-state index is 0.310. The van der Waals surface area contributed by atoms with Gasteiger partial charge in [-0.05, 0) is 75.1 Å². The lowest BCUT2D eigenvalue weighted by molar-refractivity contribution is 0.295. The number of fused-ring (bicyclic) bond motifs is 1. The van der Waals surface area contributed by atoms with Crippen LogP contribution in [0.2, 0.25) is 0 Å². The Kier molecular flexibility index (Phi) is 7.09. The predicted molar refractivity (Wildman–Crippen MR) is 118 cm³/mol. The lowest BCUT2D eigenvalue weighted by atomic mass is 10.0. The SMILES string of the molecule is CCN(CC)CCC[C@H](C)Nc1ncc2cc(-c3cc(F)ncc3C)ccc2n1. The Balaban J connectivity index is 1.68. The van der Waals surface area contributed by atoms with Crippen LogP contribution in [-0.4, -0.2) is 45.5 Å². The van der Waals surface area contributed by atoms with Gasteiger partial charge in [0, 0.05) is 29.9 Å². The van der Waals surface area contributed by atoms with Crippen molar-refractivity contribution in [2.24, 2.45) is 0 Å². The highest BCUT2D eigenvalue weighted by Crippen LogP contribution is 2.26. The smallest absolute Gasteiger partial charge is 0.223 e. The normalized spacial score (nSPS) is 12.5. The van der Waals surface area contributed by atoms with E-state index in [-0.39, 0.29) is 0 Å². The topological polar surface area (TPSA) is 53.9 Å². The average molecular weight is 396 g/mol.